The molecule has 41 heavy (non-hydrogen) atoms. The molecule has 3 fully saturated rings. The molecule has 12 heteroatoms. The van der Waals surface area contributed by atoms with Gasteiger partial charge in [0.15, 0.2) is 0 Å². The molecular formula is C29H39N7O5. The summed E-state index contributed by atoms with van der Waals surface area (Å²) in [5.41, 5.74) is 7.72. The fourth-order valence-electron chi connectivity index (χ4n) is 5.70. The Balaban J connectivity index is 1.35. The lowest BCUT2D eigenvalue weighted by Gasteiger charge is -2.38. The van der Waals surface area contributed by atoms with E-state index in [2.05, 4.69) is 22.0 Å². The molecule has 2 unspecified atom stereocenters. The van der Waals surface area contributed by atoms with Gasteiger partial charge in [-0.2, -0.15) is 0 Å². The summed E-state index contributed by atoms with van der Waals surface area (Å²) in [5, 5.41) is 19.5. The summed E-state index contributed by atoms with van der Waals surface area (Å²) in [4.78, 5) is 56.6. The van der Waals surface area contributed by atoms with Gasteiger partial charge in [-0.1, -0.05) is 13.0 Å². The van der Waals surface area contributed by atoms with Crippen LogP contribution in [-0.4, -0.2) is 102 Å². The molecule has 3 heterocycles. The van der Waals surface area contributed by atoms with Crippen molar-refractivity contribution in [3.8, 4) is 0 Å². The number of nitrogens with one attached hydrogen (secondary N) is 2. The van der Waals surface area contributed by atoms with Crippen LogP contribution in [0.5, 0.6) is 0 Å². The number of aliphatic hydroxyl groups is 1. The first kappa shape index (κ1) is 29.8. The van der Waals surface area contributed by atoms with Crippen molar-refractivity contribution < 1.29 is 24.3 Å². The second-order valence-electron chi connectivity index (χ2n) is 11.1. The number of amides is 4. The van der Waals surface area contributed by atoms with Crippen molar-refractivity contribution in [2.45, 2.75) is 32.7 Å². The van der Waals surface area contributed by atoms with E-state index in [0.717, 1.165) is 62.7 Å². The minimum Gasteiger partial charge on any atom is -0.513 e. The van der Waals surface area contributed by atoms with Gasteiger partial charge in [0.2, 0.25) is 18.2 Å². The zero-order chi connectivity index (χ0) is 29.7. The van der Waals surface area contributed by atoms with Gasteiger partial charge in [0.25, 0.3) is 5.91 Å². The number of likely N-dealkylation sites (tertiary alicyclic amines) is 1. The Morgan fingerprint density at radius 3 is 2.59 bits per heavy atom. The van der Waals surface area contributed by atoms with Gasteiger partial charge in [-0.05, 0) is 55.0 Å². The maximum atomic E-state index is 13.4. The summed E-state index contributed by atoms with van der Waals surface area (Å²) < 4.78 is 0. The molecule has 0 radical (unpaired) electrons. The highest BCUT2D eigenvalue weighted by Gasteiger charge is 2.36. The van der Waals surface area contributed by atoms with Crippen LogP contribution in [0.15, 0.2) is 42.3 Å². The van der Waals surface area contributed by atoms with E-state index in [0.29, 0.717) is 35.2 Å². The lowest BCUT2D eigenvalue weighted by atomic mass is 9.97. The minimum absolute atomic E-state index is 0.0753. The summed E-state index contributed by atoms with van der Waals surface area (Å²) in [7, 11) is 0. The van der Waals surface area contributed by atoms with Crippen LogP contribution in [0.4, 0.5) is 5.69 Å². The Kier molecular flexibility index (Phi) is 9.43. The van der Waals surface area contributed by atoms with Crippen molar-refractivity contribution in [2.75, 3.05) is 50.7 Å². The van der Waals surface area contributed by atoms with Crippen LogP contribution < -0.4 is 16.0 Å². The molecule has 0 saturated carbocycles. The molecule has 0 bridgehead atoms. The number of imide groups is 2. The number of amidine groups is 1. The molecule has 0 spiro atoms. The summed E-state index contributed by atoms with van der Waals surface area (Å²) in [6, 6.07) is 4.59. The van der Waals surface area contributed by atoms with Crippen LogP contribution >= 0.6 is 0 Å². The van der Waals surface area contributed by atoms with Crippen LogP contribution in [0.2, 0.25) is 0 Å². The smallest absolute Gasteiger partial charge is 0.261 e. The van der Waals surface area contributed by atoms with Crippen LogP contribution in [0, 0.1) is 24.2 Å². The highest BCUT2D eigenvalue weighted by atomic mass is 16.2. The van der Waals surface area contributed by atoms with Gasteiger partial charge in [0, 0.05) is 63.5 Å². The number of rotatable bonds is 8. The van der Waals surface area contributed by atoms with Crippen LogP contribution in [0.25, 0.3) is 0 Å². The number of aryl methyl sites for hydroxylation is 1. The number of piperazine rings is 1. The number of allylic oxidation sites excluding steroid dienone is 1. The molecule has 12 nitrogen and oxygen atoms in total. The number of hydrogen-bond donors (Lipinski definition) is 4. The number of nitrogens with two attached hydrogens (primary N) is 1. The van der Waals surface area contributed by atoms with E-state index in [-0.39, 0.29) is 18.5 Å². The van der Waals surface area contributed by atoms with E-state index in [9.17, 15) is 19.2 Å². The SMILES string of the molecule is Cc1ccc(N2CCN(C[C@@H]3CN(C(=N)C=CC(N)=CO)CC3C)CC2)cc1C(=O)N(C=O)C1CCC(=O)NC1=O. The zero-order valence-corrected chi connectivity index (χ0v) is 23.6. The normalized spacial score (nSPS) is 24.0. The molecule has 0 aromatic heterocycles. The molecule has 5 N–H and O–H groups in total. The average molecular weight is 566 g/mol. The molecule has 4 amide bonds. The van der Waals surface area contributed by atoms with E-state index in [1.807, 2.05) is 17.0 Å². The summed E-state index contributed by atoms with van der Waals surface area (Å²) in [6.45, 7) is 9.78. The number of carbonyl (C=O) groups is 4. The molecule has 0 aliphatic carbocycles. The van der Waals surface area contributed by atoms with E-state index < -0.39 is 23.8 Å². The van der Waals surface area contributed by atoms with Crippen molar-refractivity contribution in [2.24, 2.45) is 17.6 Å². The number of piperidine rings is 1. The van der Waals surface area contributed by atoms with Gasteiger partial charge >= 0.3 is 0 Å². The monoisotopic (exact) mass is 565 g/mol. The summed E-state index contributed by atoms with van der Waals surface area (Å²) in [5.74, 6) is -0.361. The lowest BCUT2D eigenvalue weighted by molar-refractivity contribution is -0.139. The highest BCUT2D eigenvalue weighted by molar-refractivity contribution is 6.07. The van der Waals surface area contributed by atoms with Crippen molar-refractivity contribution in [1.29, 1.82) is 5.41 Å². The van der Waals surface area contributed by atoms with Gasteiger partial charge in [-0.25, -0.2) is 0 Å². The fraction of sp³-hybridized carbons (Fsp3) is 0.483. The van der Waals surface area contributed by atoms with Crippen molar-refractivity contribution in [3.05, 3.63) is 53.4 Å². The number of carbonyl (C=O) groups excluding carboxylic acids is 4. The maximum Gasteiger partial charge on any atom is 0.261 e. The number of aliphatic hydroxyl groups excluding tert-OH is 1. The number of benzene rings is 1. The third kappa shape index (κ3) is 6.94. The van der Waals surface area contributed by atoms with Crippen molar-refractivity contribution in [3.63, 3.8) is 0 Å². The Bertz CT molecular complexity index is 1250. The van der Waals surface area contributed by atoms with E-state index >= 15 is 0 Å². The topological polar surface area (TPSA) is 163 Å². The maximum absolute atomic E-state index is 13.4. The highest BCUT2D eigenvalue weighted by Crippen LogP contribution is 2.27. The van der Waals surface area contributed by atoms with Crippen LogP contribution in [0.1, 0.15) is 35.7 Å². The molecule has 3 aliphatic heterocycles. The Hall–Kier alpha value is -4.19. The van der Waals surface area contributed by atoms with Crippen LogP contribution in [0.3, 0.4) is 0 Å². The molecule has 4 rings (SSSR count). The van der Waals surface area contributed by atoms with Gasteiger partial charge in [0.1, 0.15) is 18.1 Å². The summed E-state index contributed by atoms with van der Waals surface area (Å²) >= 11 is 0. The number of hydrogen-bond acceptors (Lipinski definition) is 9. The standard InChI is InChI=1S/C29H39N7O5/c1-19-3-5-23(13-24(19)29(41)36(18-38)25-6-8-27(39)32-28(25)40)34-11-9-33(10-12-34)15-21-16-35(14-20(21)2)26(31)7-4-22(30)17-37/h3-5,7,13,17-18,20-21,25,31,37H,6,8-12,14-16,30H2,1-2H3,(H,32,39,40)/t20?,21-,25?/m1/s1. The molecular weight excluding hydrogens is 526 g/mol. The van der Waals surface area contributed by atoms with E-state index in [1.165, 1.54) is 6.08 Å². The first-order valence-corrected chi connectivity index (χ1v) is 13.9. The number of nitrogens with zero attached hydrogens (tertiary/aromatic N) is 4. The second kappa shape index (κ2) is 13.0. The molecule has 3 atom stereocenters. The third-order valence-electron chi connectivity index (χ3n) is 8.27. The first-order valence-electron chi connectivity index (χ1n) is 13.9. The van der Waals surface area contributed by atoms with Gasteiger partial charge < -0.3 is 20.6 Å². The molecule has 3 aliphatic rings. The first-order chi connectivity index (χ1) is 19.6. The minimum atomic E-state index is -1.01. The summed E-state index contributed by atoms with van der Waals surface area (Å²) in [6.07, 6.45) is 4.50. The molecule has 1 aromatic rings. The van der Waals surface area contributed by atoms with E-state index in [1.54, 1.807) is 19.1 Å². The fourth-order valence-corrected chi connectivity index (χ4v) is 5.70. The van der Waals surface area contributed by atoms with Gasteiger partial charge in [0.05, 0.1) is 5.70 Å². The van der Waals surface area contributed by atoms with Gasteiger partial charge in [-0.3, -0.25) is 39.7 Å². The zero-order valence-electron chi connectivity index (χ0n) is 23.6. The van der Waals surface area contributed by atoms with E-state index in [4.69, 9.17) is 16.2 Å². The van der Waals surface area contributed by atoms with Crippen molar-refractivity contribution >= 4 is 35.7 Å². The molecule has 1 aromatic carbocycles. The largest absolute Gasteiger partial charge is 0.513 e. The predicted octanol–water partition coefficient (Wildman–Crippen LogP) is 0.980. The molecule has 220 valence electrons. The van der Waals surface area contributed by atoms with Gasteiger partial charge in [-0.15, -0.1) is 0 Å². The lowest BCUT2D eigenvalue weighted by Crippen LogP contribution is -2.54. The van der Waals surface area contributed by atoms with Crippen LogP contribution in [-0.2, 0) is 14.4 Å². The predicted molar refractivity (Wildman–Crippen MR) is 154 cm³/mol. The Labute approximate surface area is 239 Å². The third-order valence-corrected chi connectivity index (χ3v) is 8.27. The quantitative estimate of drug-likeness (QED) is 0.0898. The Morgan fingerprint density at radius 2 is 1.93 bits per heavy atom. The molecule has 3 saturated heterocycles. The Morgan fingerprint density at radius 1 is 1.20 bits per heavy atom. The van der Waals surface area contributed by atoms with Crippen molar-refractivity contribution in [1.82, 2.24) is 20.0 Å². The second-order valence-corrected chi connectivity index (χ2v) is 11.1. The average Bonchev–Trinajstić information content (AvgIpc) is 3.33. The number of anilines is 1.